The molecule has 166 valence electrons. The van der Waals surface area contributed by atoms with Crippen molar-refractivity contribution >= 4 is 27.6 Å². The Bertz CT molecular complexity index is 1520. The van der Waals surface area contributed by atoms with Crippen LogP contribution in [0.15, 0.2) is 48.9 Å². The maximum Gasteiger partial charge on any atom is 0.146 e. The van der Waals surface area contributed by atoms with Crippen molar-refractivity contribution in [3.63, 3.8) is 0 Å². The van der Waals surface area contributed by atoms with Gasteiger partial charge in [-0.3, -0.25) is 4.98 Å². The van der Waals surface area contributed by atoms with Gasteiger partial charge in [0.1, 0.15) is 35.2 Å². The van der Waals surface area contributed by atoms with Crippen LogP contribution in [0.25, 0.3) is 32.9 Å². The molecular formula is C25H20F3N5. The molecule has 0 aliphatic heterocycles. The smallest absolute Gasteiger partial charge is 0.146 e. The van der Waals surface area contributed by atoms with Crippen LogP contribution >= 0.6 is 0 Å². The fraction of sp³-hybridized carbons (Fsp3) is 0.160. The summed E-state index contributed by atoms with van der Waals surface area (Å²) in [6, 6.07) is 8.58. The van der Waals surface area contributed by atoms with E-state index < -0.39 is 17.5 Å². The molecule has 8 heteroatoms. The number of halogens is 3. The van der Waals surface area contributed by atoms with Crippen LogP contribution in [-0.4, -0.2) is 19.5 Å². The highest BCUT2D eigenvalue weighted by Gasteiger charge is 2.22. The van der Waals surface area contributed by atoms with Crippen molar-refractivity contribution in [3.8, 4) is 11.1 Å². The highest BCUT2D eigenvalue weighted by atomic mass is 19.1. The van der Waals surface area contributed by atoms with Gasteiger partial charge in [-0.25, -0.2) is 23.1 Å². The summed E-state index contributed by atoms with van der Waals surface area (Å²) in [6.45, 7) is 4.55. The number of nitrogen functional groups attached to an aromatic ring is 1. The third-order valence-corrected chi connectivity index (χ3v) is 5.92. The second kappa shape index (κ2) is 7.88. The Morgan fingerprint density at radius 2 is 1.73 bits per heavy atom. The molecule has 0 aliphatic rings. The number of fused-ring (bicyclic) bond motifs is 2. The lowest BCUT2D eigenvalue weighted by atomic mass is 9.98. The highest BCUT2D eigenvalue weighted by molar-refractivity contribution is 6.04. The van der Waals surface area contributed by atoms with E-state index >= 15 is 4.39 Å². The van der Waals surface area contributed by atoms with Crippen LogP contribution in [0.2, 0.25) is 0 Å². The molecule has 2 N–H and O–H groups in total. The molecule has 2 aromatic carbocycles. The molecule has 5 nitrogen and oxygen atoms in total. The highest BCUT2D eigenvalue weighted by Crippen LogP contribution is 2.39. The lowest BCUT2D eigenvalue weighted by Crippen LogP contribution is -1.99. The molecule has 33 heavy (non-hydrogen) atoms. The van der Waals surface area contributed by atoms with Crippen molar-refractivity contribution < 1.29 is 13.2 Å². The van der Waals surface area contributed by atoms with E-state index in [0.717, 1.165) is 11.8 Å². The molecule has 0 unspecified atom stereocenters. The van der Waals surface area contributed by atoms with Crippen LogP contribution in [0, 0.1) is 24.4 Å². The van der Waals surface area contributed by atoms with E-state index in [0.29, 0.717) is 56.6 Å². The molecule has 0 saturated heterocycles. The maximum atomic E-state index is 15.7. The van der Waals surface area contributed by atoms with Crippen molar-refractivity contribution in [2.45, 2.75) is 26.8 Å². The minimum Gasteiger partial charge on any atom is -0.383 e. The second-order valence-corrected chi connectivity index (χ2v) is 7.94. The Morgan fingerprint density at radius 1 is 0.970 bits per heavy atom. The normalized spacial score (nSPS) is 11.5. The Hall–Kier alpha value is -3.94. The first kappa shape index (κ1) is 20.9. The number of hydrogen-bond donors (Lipinski definition) is 1. The van der Waals surface area contributed by atoms with Gasteiger partial charge in [0.15, 0.2) is 0 Å². The number of nitrogens with zero attached hydrogens (tertiary/aromatic N) is 4. The van der Waals surface area contributed by atoms with Crippen molar-refractivity contribution in [1.82, 2.24) is 19.5 Å². The number of hydrogen-bond acceptors (Lipinski definition) is 4. The first-order valence-corrected chi connectivity index (χ1v) is 10.5. The van der Waals surface area contributed by atoms with E-state index in [1.807, 2.05) is 18.4 Å². The van der Waals surface area contributed by atoms with Gasteiger partial charge in [-0.1, -0.05) is 12.1 Å². The van der Waals surface area contributed by atoms with Crippen LogP contribution in [0.1, 0.15) is 23.9 Å². The Morgan fingerprint density at radius 3 is 2.45 bits per heavy atom. The van der Waals surface area contributed by atoms with Crippen molar-refractivity contribution in [3.05, 3.63) is 83.3 Å². The molecule has 3 aromatic heterocycles. The summed E-state index contributed by atoms with van der Waals surface area (Å²) in [6.07, 6.45) is 3.08. The van der Waals surface area contributed by atoms with Gasteiger partial charge in [-0.2, -0.15) is 0 Å². The summed E-state index contributed by atoms with van der Waals surface area (Å²) >= 11 is 0. The number of nitrogens with two attached hydrogens (primary N) is 1. The van der Waals surface area contributed by atoms with Crippen LogP contribution in [0.4, 0.5) is 19.0 Å². The SMILES string of the molecule is CCn1c(C)c(-c2ccc3cc(Cc4cc(F)cc(F)c4)ncc3c2F)c2c(N)ncnc21. The summed E-state index contributed by atoms with van der Waals surface area (Å²) in [5.41, 5.74) is 9.74. The minimum absolute atomic E-state index is 0.227. The number of aryl methyl sites for hydroxylation is 1. The molecule has 3 heterocycles. The van der Waals surface area contributed by atoms with Crippen LogP contribution in [-0.2, 0) is 13.0 Å². The lowest BCUT2D eigenvalue weighted by Gasteiger charge is -2.10. The van der Waals surface area contributed by atoms with Gasteiger partial charge in [0.05, 0.1) is 5.39 Å². The Labute approximate surface area is 187 Å². The van der Waals surface area contributed by atoms with Crippen LogP contribution < -0.4 is 5.73 Å². The fourth-order valence-electron chi connectivity index (χ4n) is 4.47. The first-order chi connectivity index (χ1) is 15.9. The summed E-state index contributed by atoms with van der Waals surface area (Å²) in [4.78, 5) is 12.8. The van der Waals surface area contributed by atoms with Crippen molar-refractivity contribution in [2.24, 2.45) is 0 Å². The molecule has 0 atom stereocenters. The number of benzene rings is 2. The third-order valence-electron chi connectivity index (χ3n) is 5.92. The zero-order valence-corrected chi connectivity index (χ0v) is 18.0. The monoisotopic (exact) mass is 447 g/mol. The molecule has 0 fully saturated rings. The Balaban J connectivity index is 1.63. The molecule has 0 bridgehead atoms. The standard InChI is InChI=1S/C25H20F3N5/c1-3-33-13(2)21(22-24(29)31-12-32-25(22)33)19-5-4-15-9-18(30-11-20(15)23(19)28)8-14-6-16(26)10-17(27)7-14/h4-7,9-12H,3,8H2,1-2H3,(H2,29,31,32). The van der Waals surface area contributed by atoms with Gasteiger partial charge in [0, 0.05) is 53.1 Å². The lowest BCUT2D eigenvalue weighted by molar-refractivity contribution is 0.580. The van der Waals surface area contributed by atoms with E-state index in [1.165, 1.54) is 24.7 Å². The van der Waals surface area contributed by atoms with Crippen LogP contribution in [0.3, 0.4) is 0 Å². The molecular weight excluding hydrogens is 427 g/mol. The van der Waals surface area contributed by atoms with Crippen molar-refractivity contribution in [2.75, 3.05) is 5.73 Å². The summed E-state index contributed by atoms with van der Waals surface area (Å²) in [5.74, 6) is -1.43. The van der Waals surface area contributed by atoms with E-state index in [2.05, 4.69) is 15.0 Å². The fourth-order valence-corrected chi connectivity index (χ4v) is 4.47. The predicted octanol–water partition coefficient (Wildman–Crippen LogP) is 5.57. The zero-order chi connectivity index (χ0) is 23.3. The molecule has 5 rings (SSSR count). The van der Waals surface area contributed by atoms with E-state index in [1.54, 1.807) is 18.2 Å². The second-order valence-electron chi connectivity index (χ2n) is 7.94. The van der Waals surface area contributed by atoms with Crippen molar-refractivity contribution in [1.29, 1.82) is 0 Å². The van der Waals surface area contributed by atoms with E-state index in [-0.39, 0.29) is 6.42 Å². The topological polar surface area (TPSA) is 69.6 Å². The van der Waals surface area contributed by atoms with Crippen LogP contribution in [0.5, 0.6) is 0 Å². The molecule has 0 radical (unpaired) electrons. The number of pyridine rings is 1. The molecule has 0 amide bonds. The average molecular weight is 447 g/mol. The quantitative estimate of drug-likeness (QED) is 0.391. The summed E-state index contributed by atoms with van der Waals surface area (Å²) in [5, 5.41) is 1.60. The summed E-state index contributed by atoms with van der Waals surface area (Å²) in [7, 11) is 0. The van der Waals surface area contributed by atoms with Gasteiger partial charge in [-0.05, 0) is 43.0 Å². The summed E-state index contributed by atoms with van der Waals surface area (Å²) < 4.78 is 44.7. The van der Waals surface area contributed by atoms with E-state index in [9.17, 15) is 8.78 Å². The molecule has 0 spiro atoms. The minimum atomic E-state index is -0.647. The maximum absolute atomic E-state index is 15.7. The van der Waals surface area contributed by atoms with E-state index in [4.69, 9.17) is 5.73 Å². The predicted molar refractivity (Wildman–Crippen MR) is 122 cm³/mol. The molecule has 0 aliphatic carbocycles. The Kier molecular flexibility index (Phi) is 5.00. The third kappa shape index (κ3) is 3.47. The average Bonchev–Trinajstić information content (AvgIpc) is 3.05. The first-order valence-electron chi connectivity index (χ1n) is 10.5. The van der Waals surface area contributed by atoms with Gasteiger partial charge in [0.25, 0.3) is 0 Å². The molecule has 5 aromatic rings. The number of anilines is 1. The van der Waals surface area contributed by atoms with Gasteiger partial charge < -0.3 is 10.3 Å². The largest absolute Gasteiger partial charge is 0.383 e. The zero-order valence-electron chi connectivity index (χ0n) is 18.0. The number of rotatable bonds is 4. The van der Waals surface area contributed by atoms with Gasteiger partial charge >= 0.3 is 0 Å². The number of aromatic nitrogens is 4. The van der Waals surface area contributed by atoms with Gasteiger partial charge in [-0.15, -0.1) is 0 Å². The molecule has 0 saturated carbocycles. The van der Waals surface area contributed by atoms with Gasteiger partial charge in [0.2, 0.25) is 0 Å².